The summed E-state index contributed by atoms with van der Waals surface area (Å²) in [7, 11) is 0. The summed E-state index contributed by atoms with van der Waals surface area (Å²) in [5, 5.41) is 3.33. The Morgan fingerprint density at radius 1 is 1.47 bits per heavy atom. The van der Waals surface area contributed by atoms with E-state index in [1.807, 2.05) is 6.20 Å². The van der Waals surface area contributed by atoms with Gasteiger partial charge in [0.2, 0.25) is 0 Å². The molecule has 0 saturated heterocycles. The van der Waals surface area contributed by atoms with E-state index in [0.29, 0.717) is 0 Å². The Labute approximate surface area is 89.3 Å². The Kier molecular flexibility index (Phi) is 3.19. The molecule has 2 N–H and O–H groups in total. The van der Waals surface area contributed by atoms with E-state index < -0.39 is 0 Å². The third-order valence-corrected chi connectivity index (χ3v) is 2.35. The van der Waals surface area contributed by atoms with Gasteiger partial charge >= 0.3 is 0 Å². The summed E-state index contributed by atoms with van der Waals surface area (Å²) in [5.41, 5.74) is 1.31. The van der Waals surface area contributed by atoms with Crippen molar-refractivity contribution in [1.29, 1.82) is 0 Å². The van der Waals surface area contributed by atoms with Crippen LogP contribution in [0.5, 0.6) is 0 Å². The molecule has 0 aliphatic rings. The van der Waals surface area contributed by atoms with E-state index in [4.69, 9.17) is 0 Å². The van der Waals surface area contributed by atoms with Crippen LogP contribution in [-0.2, 0) is 19.6 Å². The fourth-order valence-electron chi connectivity index (χ4n) is 1.51. The summed E-state index contributed by atoms with van der Waals surface area (Å²) >= 11 is 0. The fourth-order valence-corrected chi connectivity index (χ4v) is 1.51. The molecular weight excluding hydrogens is 188 g/mol. The molecule has 0 aromatic carbocycles. The summed E-state index contributed by atoms with van der Waals surface area (Å²) in [4.78, 5) is 7.21. The molecule has 2 aromatic rings. The van der Waals surface area contributed by atoms with Gasteiger partial charge < -0.3 is 14.9 Å². The Morgan fingerprint density at radius 3 is 3.07 bits per heavy atom. The van der Waals surface area contributed by atoms with Gasteiger partial charge in [-0.25, -0.2) is 4.98 Å². The lowest BCUT2D eigenvalue weighted by molar-refractivity contribution is 0.665. The van der Waals surface area contributed by atoms with E-state index in [2.05, 4.69) is 45.2 Å². The Hall–Kier alpha value is -1.55. The molecule has 2 aromatic heterocycles. The molecule has 0 bridgehead atoms. The summed E-state index contributed by atoms with van der Waals surface area (Å²) in [6, 6.07) is 2.14. The highest BCUT2D eigenvalue weighted by Crippen LogP contribution is 2.00. The van der Waals surface area contributed by atoms with E-state index in [1.54, 1.807) is 6.20 Å². The summed E-state index contributed by atoms with van der Waals surface area (Å²) < 4.78 is 2.17. The normalized spacial score (nSPS) is 10.7. The molecule has 4 nitrogen and oxygen atoms in total. The minimum atomic E-state index is 0.782. The van der Waals surface area contributed by atoms with Gasteiger partial charge in [-0.05, 0) is 18.6 Å². The number of aromatic nitrogens is 3. The Balaban J connectivity index is 1.78. The number of rotatable bonds is 5. The van der Waals surface area contributed by atoms with Crippen molar-refractivity contribution in [2.45, 2.75) is 26.6 Å². The lowest BCUT2D eigenvalue weighted by Gasteiger charge is -2.00. The van der Waals surface area contributed by atoms with Crippen molar-refractivity contribution in [3.8, 4) is 0 Å². The van der Waals surface area contributed by atoms with Gasteiger partial charge in [0.1, 0.15) is 5.82 Å². The van der Waals surface area contributed by atoms with Gasteiger partial charge in [-0.1, -0.05) is 0 Å². The predicted molar refractivity (Wildman–Crippen MR) is 59.2 cm³/mol. The lowest BCUT2D eigenvalue weighted by Crippen LogP contribution is -2.13. The SMILES string of the molecule is CCn1ccc(CNCc2ncc[nH]2)c1. The highest BCUT2D eigenvalue weighted by molar-refractivity contribution is 5.09. The molecule has 2 rings (SSSR count). The molecule has 0 spiro atoms. The zero-order chi connectivity index (χ0) is 10.5. The number of hydrogen-bond acceptors (Lipinski definition) is 2. The topological polar surface area (TPSA) is 45.6 Å². The number of nitrogens with one attached hydrogen (secondary N) is 2. The van der Waals surface area contributed by atoms with Crippen LogP contribution in [0.15, 0.2) is 30.9 Å². The molecule has 15 heavy (non-hydrogen) atoms. The zero-order valence-electron chi connectivity index (χ0n) is 8.90. The van der Waals surface area contributed by atoms with Crippen molar-refractivity contribution < 1.29 is 0 Å². The van der Waals surface area contributed by atoms with E-state index in [9.17, 15) is 0 Å². The molecular formula is C11H16N4. The van der Waals surface area contributed by atoms with Gasteiger partial charge in [0.15, 0.2) is 0 Å². The minimum Gasteiger partial charge on any atom is -0.354 e. The van der Waals surface area contributed by atoms with Crippen LogP contribution in [-0.4, -0.2) is 14.5 Å². The van der Waals surface area contributed by atoms with Crippen LogP contribution in [0.2, 0.25) is 0 Å². The number of imidazole rings is 1. The summed E-state index contributed by atoms with van der Waals surface area (Å²) in [6.45, 7) is 4.83. The average molecular weight is 204 g/mol. The van der Waals surface area contributed by atoms with Crippen molar-refractivity contribution in [1.82, 2.24) is 19.9 Å². The van der Waals surface area contributed by atoms with Crippen molar-refractivity contribution >= 4 is 0 Å². The van der Waals surface area contributed by atoms with Crippen LogP contribution in [0.25, 0.3) is 0 Å². The van der Waals surface area contributed by atoms with Crippen molar-refractivity contribution in [2.75, 3.05) is 0 Å². The Morgan fingerprint density at radius 2 is 2.40 bits per heavy atom. The van der Waals surface area contributed by atoms with Crippen LogP contribution >= 0.6 is 0 Å². The molecule has 0 aliphatic carbocycles. The first-order chi connectivity index (χ1) is 7.38. The second-order valence-corrected chi connectivity index (χ2v) is 3.49. The summed E-state index contributed by atoms with van der Waals surface area (Å²) in [6.07, 6.45) is 7.87. The first-order valence-electron chi connectivity index (χ1n) is 5.22. The second-order valence-electron chi connectivity index (χ2n) is 3.49. The first-order valence-corrected chi connectivity index (χ1v) is 5.22. The number of aryl methyl sites for hydroxylation is 1. The number of aromatic amines is 1. The first kappa shape index (κ1) is 9.98. The standard InChI is InChI=1S/C11H16N4/c1-2-15-6-3-10(9-15)7-12-8-11-13-4-5-14-11/h3-6,9,12H,2,7-8H2,1H3,(H,13,14). The van der Waals surface area contributed by atoms with Crippen molar-refractivity contribution in [3.05, 3.63) is 42.2 Å². The number of hydrogen-bond donors (Lipinski definition) is 2. The molecule has 0 radical (unpaired) electrons. The van der Waals surface area contributed by atoms with E-state index in [1.165, 1.54) is 5.56 Å². The number of H-pyrrole nitrogens is 1. The highest BCUT2D eigenvalue weighted by atomic mass is 15.0. The number of nitrogens with zero attached hydrogens (tertiary/aromatic N) is 2. The van der Waals surface area contributed by atoms with E-state index >= 15 is 0 Å². The fraction of sp³-hybridized carbons (Fsp3) is 0.364. The highest BCUT2D eigenvalue weighted by Gasteiger charge is 1.96. The third kappa shape index (κ3) is 2.70. The van der Waals surface area contributed by atoms with Gasteiger partial charge in [-0.2, -0.15) is 0 Å². The second kappa shape index (κ2) is 4.79. The average Bonchev–Trinajstić information content (AvgIpc) is 2.88. The maximum Gasteiger partial charge on any atom is 0.120 e. The van der Waals surface area contributed by atoms with Gasteiger partial charge in [0, 0.05) is 37.9 Å². The third-order valence-electron chi connectivity index (χ3n) is 2.35. The zero-order valence-corrected chi connectivity index (χ0v) is 8.90. The molecule has 0 saturated carbocycles. The van der Waals surface area contributed by atoms with Gasteiger partial charge in [0.25, 0.3) is 0 Å². The van der Waals surface area contributed by atoms with Crippen LogP contribution in [0.4, 0.5) is 0 Å². The van der Waals surface area contributed by atoms with E-state index in [-0.39, 0.29) is 0 Å². The molecule has 80 valence electrons. The minimum absolute atomic E-state index is 0.782. The van der Waals surface area contributed by atoms with Crippen LogP contribution in [0, 0.1) is 0 Å². The van der Waals surface area contributed by atoms with Gasteiger partial charge in [0.05, 0.1) is 6.54 Å². The summed E-state index contributed by atoms with van der Waals surface area (Å²) in [5.74, 6) is 0.977. The van der Waals surface area contributed by atoms with E-state index in [0.717, 1.165) is 25.5 Å². The smallest absolute Gasteiger partial charge is 0.120 e. The predicted octanol–water partition coefficient (Wildman–Crippen LogP) is 1.52. The molecule has 0 unspecified atom stereocenters. The van der Waals surface area contributed by atoms with Crippen LogP contribution < -0.4 is 5.32 Å². The molecule has 4 heteroatoms. The molecule has 0 fully saturated rings. The molecule has 2 heterocycles. The quantitative estimate of drug-likeness (QED) is 0.775. The maximum absolute atomic E-state index is 4.15. The maximum atomic E-state index is 4.15. The van der Waals surface area contributed by atoms with Crippen molar-refractivity contribution in [2.24, 2.45) is 0 Å². The lowest BCUT2D eigenvalue weighted by atomic mass is 10.3. The van der Waals surface area contributed by atoms with Crippen molar-refractivity contribution in [3.63, 3.8) is 0 Å². The molecule has 0 atom stereocenters. The largest absolute Gasteiger partial charge is 0.354 e. The molecule has 0 aliphatic heterocycles. The van der Waals surface area contributed by atoms with Crippen LogP contribution in [0.3, 0.4) is 0 Å². The molecule has 0 amide bonds. The monoisotopic (exact) mass is 204 g/mol. The van der Waals surface area contributed by atoms with Gasteiger partial charge in [-0.15, -0.1) is 0 Å². The Bertz CT molecular complexity index is 388. The van der Waals surface area contributed by atoms with Gasteiger partial charge in [-0.3, -0.25) is 0 Å². The van der Waals surface area contributed by atoms with Crippen LogP contribution in [0.1, 0.15) is 18.3 Å².